The molecule has 270 valence electrons. The van der Waals surface area contributed by atoms with Crippen molar-refractivity contribution >= 4 is 0 Å². The molecular formula is C54H36O3. The van der Waals surface area contributed by atoms with E-state index in [1.165, 1.54) is 0 Å². The first-order valence-corrected chi connectivity index (χ1v) is 19.1. The zero-order valence-corrected chi connectivity index (χ0v) is 31.7. The van der Waals surface area contributed by atoms with Gasteiger partial charge in [-0.3, -0.25) is 0 Å². The lowest BCUT2D eigenvalue weighted by atomic mass is 9.77. The van der Waals surface area contributed by atoms with E-state index < -0.39 is 16.8 Å². The van der Waals surface area contributed by atoms with Crippen molar-refractivity contribution in [1.29, 1.82) is 0 Å². The van der Waals surface area contributed by atoms with Crippen LogP contribution in [0.4, 0.5) is 0 Å². The van der Waals surface area contributed by atoms with E-state index in [-0.39, 0.29) is 0 Å². The Labute approximate surface area is 333 Å². The predicted molar refractivity (Wildman–Crippen MR) is 226 cm³/mol. The van der Waals surface area contributed by atoms with Crippen LogP contribution in [0.1, 0.15) is 66.8 Å². The van der Waals surface area contributed by atoms with Gasteiger partial charge < -0.3 is 15.3 Å². The summed E-state index contributed by atoms with van der Waals surface area (Å²) in [5.74, 6) is 19.9. The SMILES string of the molecule is Cc1ccc(C#C[C@@]2(O)c3ccccc3-c3c2c2c(c4c3[C@@](O)(C#Cc3ccc(C)cc3)c3ccccc3-4)[C@@](O)(C#Cc3ccc(C)cc3)c3ccccc3-2)cc1. The van der Waals surface area contributed by atoms with Crippen LogP contribution in [0.5, 0.6) is 0 Å². The van der Waals surface area contributed by atoms with Crippen molar-refractivity contribution in [1.82, 2.24) is 0 Å². The number of rotatable bonds is 0. The molecule has 0 aliphatic heterocycles. The molecule has 0 unspecified atom stereocenters. The molecule has 0 amide bonds. The summed E-state index contributed by atoms with van der Waals surface area (Å²) >= 11 is 0. The van der Waals surface area contributed by atoms with Crippen molar-refractivity contribution in [3.05, 3.63) is 212 Å². The highest BCUT2D eigenvalue weighted by molar-refractivity contribution is 6.05. The molecule has 57 heavy (non-hydrogen) atoms. The Morgan fingerprint density at radius 2 is 0.579 bits per heavy atom. The highest BCUT2D eigenvalue weighted by Gasteiger charge is 2.57. The van der Waals surface area contributed by atoms with Crippen molar-refractivity contribution in [2.45, 2.75) is 37.6 Å². The maximum absolute atomic E-state index is 13.4. The van der Waals surface area contributed by atoms with Crippen molar-refractivity contribution in [3.8, 4) is 68.9 Å². The molecule has 3 aliphatic carbocycles. The van der Waals surface area contributed by atoms with Gasteiger partial charge in [0.05, 0.1) is 0 Å². The van der Waals surface area contributed by atoms with Gasteiger partial charge in [-0.05, 0) is 90.6 Å². The van der Waals surface area contributed by atoms with Gasteiger partial charge in [-0.25, -0.2) is 0 Å². The molecule has 10 rings (SSSR count). The third kappa shape index (κ3) is 5.10. The second-order valence-corrected chi connectivity index (χ2v) is 15.4. The first-order chi connectivity index (χ1) is 27.6. The second kappa shape index (κ2) is 12.6. The number of aryl methyl sites for hydroxylation is 3. The maximum Gasteiger partial charge on any atom is 0.179 e. The Kier molecular flexibility index (Phi) is 7.62. The molecule has 7 aromatic rings. The monoisotopic (exact) mass is 732 g/mol. The third-order valence-electron chi connectivity index (χ3n) is 11.7. The van der Waals surface area contributed by atoms with Gasteiger partial charge in [-0.2, -0.15) is 0 Å². The average Bonchev–Trinajstić information content (AvgIpc) is 3.76. The quantitative estimate of drug-likeness (QED) is 0.136. The molecule has 0 saturated carbocycles. The van der Waals surface area contributed by atoms with E-state index in [1.807, 2.05) is 166 Å². The van der Waals surface area contributed by atoms with Crippen LogP contribution in [0, 0.1) is 56.3 Å². The molecule has 7 aromatic carbocycles. The number of benzene rings is 7. The van der Waals surface area contributed by atoms with Crippen LogP contribution < -0.4 is 0 Å². The summed E-state index contributed by atoms with van der Waals surface area (Å²) in [6, 6.07) is 46.9. The molecule has 3 aliphatic rings. The van der Waals surface area contributed by atoms with E-state index in [0.29, 0.717) is 50.1 Å². The molecule has 3 atom stereocenters. The zero-order valence-electron chi connectivity index (χ0n) is 31.7. The lowest BCUT2D eigenvalue weighted by Crippen LogP contribution is -2.28. The van der Waals surface area contributed by atoms with E-state index in [9.17, 15) is 15.3 Å². The van der Waals surface area contributed by atoms with E-state index in [0.717, 1.165) is 50.1 Å². The lowest BCUT2D eigenvalue weighted by molar-refractivity contribution is 0.142. The molecule has 0 heterocycles. The van der Waals surface area contributed by atoms with Crippen LogP contribution in [0.15, 0.2) is 146 Å². The minimum atomic E-state index is -1.85. The molecule has 0 aromatic heterocycles. The Balaban J connectivity index is 1.37. The first-order valence-electron chi connectivity index (χ1n) is 19.1. The Morgan fingerprint density at radius 1 is 0.333 bits per heavy atom. The molecule has 0 spiro atoms. The molecule has 3 nitrogen and oxygen atoms in total. The van der Waals surface area contributed by atoms with Crippen molar-refractivity contribution < 1.29 is 15.3 Å². The van der Waals surface area contributed by atoms with Crippen LogP contribution >= 0.6 is 0 Å². The molecule has 3 N–H and O–H groups in total. The lowest BCUT2D eigenvalue weighted by Gasteiger charge is -2.29. The van der Waals surface area contributed by atoms with Gasteiger partial charge in [0.2, 0.25) is 0 Å². The fraction of sp³-hybridized carbons (Fsp3) is 0.111. The fourth-order valence-corrected chi connectivity index (χ4v) is 8.89. The number of fused-ring (bicyclic) bond motifs is 12. The van der Waals surface area contributed by atoms with Gasteiger partial charge >= 0.3 is 0 Å². The topological polar surface area (TPSA) is 60.7 Å². The van der Waals surface area contributed by atoms with Crippen LogP contribution in [-0.2, 0) is 16.8 Å². The van der Waals surface area contributed by atoms with Gasteiger partial charge in [-0.1, -0.05) is 161 Å². The molecular weight excluding hydrogens is 697 g/mol. The molecule has 3 heteroatoms. The summed E-state index contributed by atoms with van der Waals surface area (Å²) in [6.07, 6.45) is 0. The maximum atomic E-state index is 13.4. The predicted octanol–water partition coefficient (Wildman–Crippen LogP) is 9.42. The van der Waals surface area contributed by atoms with Crippen LogP contribution in [0.25, 0.3) is 33.4 Å². The fourth-order valence-electron chi connectivity index (χ4n) is 8.89. The Hall–Kier alpha value is -6.90. The molecule has 0 bridgehead atoms. The average molecular weight is 733 g/mol. The van der Waals surface area contributed by atoms with Crippen LogP contribution in [0.2, 0.25) is 0 Å². The summed E-state index contributed by atoms with van der Waals surface area (Å²) < 4.78 is 0. The minimum absolute atomic E-state index is 0.501. The van der Waals surface area contributed by atoms with E-state index in [4.69, 9.17) is 0 Å². The van der Waals surface area contributed by atoms with Crippen molar-refractivity contribution in [2.75, 3.05) is 0 Å². The van der Waals surface area contributed by atoms with Gasteiger partial charge in [0, 0.05) is 50.1 Å². The van der Waals surface area contributed by atoms with E-state index >= 15 is 0 Å². The number of aliphatic hydroxyl groups is 3. The summed E-state index contributed by atoms with van der Waals surface area (Å²) in [7, 11) is 0. The summed E-state index contributed by atoms with van der Waals surface area (Å²) in [5.41, 5.74) is 7.54. The normalized spacial score (nSPS) is 19.9. The van der Waals surface area contributed by atoms with Crippen molar-refractivity contribution in [2.24, 2.45) is 0 Å². The number of hydrogen-bond acceptors (Lipinski definition) is 3. The highest BCUT2D eigenvalue weighted by Crippen LogP contribution is 2.66. The first kappa shape index (κ1) is 34.6. The summed E-state index contributed by atoms with van der Waals surface area (Å²) in [6.45, 7) is 6.08. The van der Waals surface area contributed by atoms with Gasteiger partial charge in [0.1, 0.15) is 0 Å². The second-order valence-electron chi connectivity index (χ2n) is 15.4. The Bertz CT molecular complexity index is 2680. The smallest absolute Gasteiger partial charge is 0.179 e. The third-order valence-corrected chi connectivity index (χ3v) is 11.7. The largest absolute Gasteiger partial charge is 0.369 e. The molecule has 0 fully saturated rings. The standard InChI is InChI=1S/C54H36O3/c1-34-16-22-37(23-17-34)28-31-52(55)43-13-7-4-10-40(43)46-49(52)47-41-11-5-8-14-44(41)53(56,32-29-38-24-18-35(2)19-25-38)51(47)48-42-12-6-9-15-45(42)54(57,50(46)48)33-30-39-26-20-36(3)21-27-39/h4-27,55-57H,1-3H3/t52-,53-,54-/m1/s1. The summed E-state index contributed by atoms with van der Waals surface area (Å²) in [4.78, 5) is 0. The van der Waals surface area contributed by atoms with Crippen LogP contribution in [0.3, 0.4) is 0 Å². The minimum Gasteiger partial charge on any atom is -0.369 e. The van der Waals surface area contributed by atoms with Gasteiger partial charge in [0.25, 0.3) is 0 Å². The van der Waals surface area contributed by atoms with Crippen LogP contribution in [-0.4, -0.2) is 15.3 Å². The molecule has 0 radical (unpaired) electrons. The highest BCUT2D eigenvalue weighted by atomic mass is 16.3. The number of hydrogen-bond donors (Lipinski definition) is 3. The van der Waals surface area contributed by atoms with E-state index in [1.54, 1.807) is 0 Å². The van der Waals surface area contributed by atoms with E-state index in [2.05, 4.69) is 35.5 Å². The summed E-state index contributed by atoms with van der Waals surface area (Å²) in [5, 5.41) is 40.3. The van der Waals surface area contributed by atoms with Gasteiger partial charge in [0.15, 0.2) is 16.8 Å². The zero-order chi connectivity index (χ0) is 39.1. The van der Waals surface area contributed by atoms with Crippen molar-refractivity contribution in [3.63, 3.8) is 0 Å². The van der Waals surface area contributed by atoms with Gasteiger partial charge in [-0.15, -0.1) is 0 Å². The molecule has 0 saturated heterocycles. The Morgan fingerprint density at radius 3 is 0.842 bits per heavy atom.